The Balaban J connectivity index is 1.86. The maximum absolute atomic E-state index is 13.8. The molecule has 2 aromatic carbocycles. The van der Waals surface area contributed by atoms with Crippen LogP contribution < -0.4 is 10.6 Å². The van der Waals surface area contributed by atoms with Crippen molar-refractivity contribution < 1.29 is 29.1 Å². The summed E-state index contributed by atoms with van der Waals surface area (Å²) in [5.41, 5.74) is 1.48. The van der Waals surface area contributed by atoms with Gasteiger partial charge in [0.15, 0.2) is 0 Å². The van der Waals surface area contributed by atoms with E-state index in [2.05, 4.69) is 10.6 Å². The molecule has 3 rings (SSSR count). The molecule has 0 spiro atoms. The number of hydrogen-bond donors (Lipinski definition) is 3. The molecule has 2 unspecified atom stereocenters. The molecular formula is C30H37N3O6S. The van der Waals surface area contributed by atoms with Crippen molar-refractivity contribution in [3.8, 4) is 0 Å². The monoisotopic (exact) mass is 567 g/mol. The first-order valence-electron chi connectivity index (χ1n) is 13.2. The van der Waals surface area contributed by atoms with Crippen LogP contribution in [0.3, 0.4) is 0 Å². The van der Waals surface area contributed by atoms with Crippen LogP contribution in [0.5, 0.6) is 0 Å². The highest BCUT2D eigenvalue weighted by molar-refractivity contribution is 7.99. The maximum atomic E-state index is 13.8. The SMILES string of the molecule is CNC(=O)C(NC(=O)[C@H](CC(C)C)C(CN1C(=O)c2ccccc2C1=O)C(=O)O)C(C)(C)SCc1ccccc1. The van der Waals surface area contributed by atoms with Crippen LogP contribution in [0.25, 0.3) is 0 Å². The molecule has 0 radical (unpaired) electrons. The number of benzene rings is 2. The van der Waals surface area contributed by atoms with Gasteiger partial charge in [-0.15, -0.1) is 11.8 Å². The van der Waals surface area contributed by atoms with Crippen LogP contribution in [-0.2, 0) is 20.1 Å². The fourth-order valence-electron chi connectivity index (χ4n) is 4.82. The molecular weight excluding hydrogens is 530 g/mol. The number of carboxylic acid groups (broad SMARTS) is 1. The molecule has 1 aliphatic heterocycles. The Kier molecular flexibility index (Phi) is 10.1. The number of carbonyl (C=O) groups excluding carboxylic acids is 4. The van der Waals surface area contributed by atoms with Gasteiger partial charge in [0.25, 0.3) is 11.8 Å². The molecule has 9 nitrogen and oxygen atoms in total. The number of aliphatic carboxylic acids is 1. The lowest BCUT2D eigenvalue weighted by Crippen LogP contribution is -2.58. The Bertz CT molecular complexity index is 1230. The van der Waals surface area contributed by atoms with E-state index in [4.69, 9.17) is 0 Å². The first-order chi connectivity index (χ1) is 18.9. The molecule has 214 valence electrons. The average molecular weight is 568 g/mol. The fraction of sp³-hybridized carbons (Fsp3) is 0.433. The average Bonchev–Trinajstić information content (AvgIpc) is 3.16. The molecule has 0 bridgehead atoms. The zero-order valence-corrected chi connectivity index (χ0v) is 24.3. The second-order valence-corrected chi connectivity index (χ2v) is 12.5. The van der Waals surface area contributed by atoms with E-state index in [-0.39, 0.29) is 23.5 Å². The smallest absolute Gasteiger partial charge is 0.309 e. The largest absolute Gasteiger partial charge is 0.481 e. The molecule has 3 N–H and O–H groups in total. The highest BCUT2D eigenvalue weighted by atomic mass is 32.2. The number of nitrogens with one attached hydrogen (secondary N) is 2. The Morgan fingerprint density at radius 1 is 0.900 bits per heavy atom. The number of rotatable bonds is 13. The van der Waals surface area contributed by atoms with Crippen LogP contribution in [0.1, 0.15) is 60.4 Å². The predicted molar refractivity (Wildman–Crippen MR) is 154 cm³/mol. The minimum atomic E-state index is -1.37. The summed E-state index contributed by atoms with van der Waals surface area (Å²) in [5.74, 6) is -5.42. The van der Waals surface area contributed by atoms with Crippen molar-refractivity contribution >= 4 is 41.4 Å². The number of amides is 4. The van der Waals surface area contributed by atoms with Gasteiger partial charge in [0.05, 0.1) is 23.0 Å². The Labute approximate surface area is 239 Å². The summed E-state index contributed by atoms with van der Waals surface area (Å²) in [6, 6.07) is 15.1. The van der Waals surface area contributed by atoms with Crippen molar-refractivity contribution in [1.82, 2.24) is 15.5 Å². The van der Waals surface area contributed by atoms with E-state index < -0.39 is 58.8 Å². The van der Waals surface area contributed by atoms with E-state index in [1.54, 1.807) is 12.1 Å². The van der Waals surface area contributed by atoms with Crippen molar-refractivity contribution in [2.24, 2.45) is 17.8 Å². The third-order valence-corrected chi connectivity index (χ3v) is 8.52. The van der Waals surface area contributed by atoms with Gasteiger partial charge >= 0.3 is 5.97 Å². The number of imide groups is 1. The summed E-state index contributed by atoms with van der Waals surface area (Å²) < 4.78 is -0.755. The zero-order chi connectivity index (χ0) is 29.6. The number of carboxylic acids is 1. The Hall–Kier alpha value is -3.66. The van der Waals surface area contributed by atoms with Gasteiger partial charge in [0, 0.05) is 24.1 Å². The Morgan fingerprint density at radius 2 is 1.45 bits per heavy atom. The molecule has 10 heteroatoms. The second kappa shape index (κ2) is 13.1. The van der Waals surface area contributed by atoms with Crippen molar-refractivity contribution in [3.05, 3.63) is 71.3 Å². The molecule has 0 saturated carbocycles. The predicted octanol–water partition coefficient (Wildman–Crippen LogP) is 3.59. The number of likely N-dealkylation sites (N-methyl/N-ethyl adjacent to an activating group) is 1. The molecule has 0 saturated heterocycles. The van der Waals surface area contributed by atoms with E-state index in [9.17, 15) is 29.1 Å². The topological polar surface area (TPSA) is 133 Å². The first kappa shape index (κ1) is 30.9. The van der Waals surface area contributed by atoms with Gasteiger partial charge in [0.1, 0.15) is 6.04 Å². The third-order valence-electron chi connectivity index (χ3n) is 7.07. The number of nitrogens with zero attached hydrogens (tertiary/aromatic N) is 1. The van der Waals surface area contributed by atoms with Crippen molar-refractivity contribution in [3.63, 3.8) is 0 Å². The normalized spacial score (nSPS) is 15.4. The molecule has 1 heterocycles. The molecule has 3 atom stereocenters. The summed E-state index contributed by atoms with van der Waals surface area (Å²) in [6.45, 7) is 6.97. The van der Waals surface area contributed by atoms with Gasteiger partial charge in [-0.25, -0.2) is 0 Å². The molecule has 0 aromatic heterocycles. The quantitative estimate of drug-likeness (QED) is 0.315. The summed E-state index contributed by atoms with van der Waals surface area (Å²) >= 11 is 1.50. The summed E-state index contributed by atoms with van der Waals surface area (Å²) in [4.78, 5) is 66.1. The lowest BCUT2D eigenvalue weighted by atomic mass is 9.83. The molecule has 0 aliphatic carbocycles. The van der Waals surface area contributed by atoms with Crippen molar-refractivity contribution in [2.45, 2.75) is 50.7 Å². The second-order valence-electron chi connectivity index (χ2n) is 10.9. The highest BCUT2D eigenvalue weighted by Gasteiger charge is 2.44. The van der Waals surface area contributed by atoms with Gasteiger partial charge < -0.3 is 15.7 Å². The lowest BCUT2D eigenvalue weighted by Gasteiger charge is -2.35. The van der Waals surface area contributed by atoms with E-state index in [0.717, 1.165) is 10.5 Å². The van der Waals surface area contributed by atoms with Crippen LogP contribution in [0.2, 0.25) is 0 Å². The Morgan fingerprint density at radius 3 is 1.95 bits per heavy atom. The third kappa shape index (κ3) is 7.10. The standard InChI is InChI=1S/C30H37N3O6S/c1-18(2)15-22(23(29(38)39)16-33-27(36)20-13-9-10-14-21(20)28(33)37)25(34)32-24(26(35)31-5)30(3,4)40-17-19-11-7-6-8-12-19/h6-14,18,22-24H,15-17H2,1-5H3,(H,31,35)(H,32,34)(H,38,39)/t22-,23?,24?/m1/s1. The van der Waals surface area contributed by atoms with Crippen LogP contribution in [0, 0.1) is 17.8 Å². The number of carbonyl (C=O) groups is 5. The minimum Gasteiger partial charge on any atom is -0.481 e. The minimum absolute atomic E-state index is 0.0707. The maximum Gasteiger partial charge on any atom is 0.309 e. The number of thioether (sulfide) groups is 1. The summed E-state index contributed by atoms with van der Waals surface area (Å²) in [6.07, 6.45) is 0.185. The first-order valence-corrected chi connectivity index (χ1v) is 14.2. The van der Waals surface area contributed by atoms with E-state index >= 15 is 0 Å². The van der Waals surface area contributed by atoms with E-state index in [0.29, 0.717) is 5.75 Å². The zero-order valence-electron chi connectivity index (χ0n) is 23.5. The summed E-state index contributed by atoms with van der Waals surface area (Å²) in [7, 11) is 1.48. The van der Waals surface area contributed by atoms with Gasteiger partial charge in [-0.05, 0) is 43.9 Å². The molecule has 2 aromatic rings. The molecule has 1 aliphatic rings. The van der Waals surface area contributed by atoms with Crippen LogP contribution in [0.15, 0.2) is 54.6 Å². The van der Waals surface area contributed by atoms with Crippen LogP contribution >= 0.6 is 11.8 Å². The number of hydrogen-bond acceptors (Lipinski definition) is 6. The number of fused-ring (bicyclic) bond motifs is 1. The fourth-order valence-corrected chi connectivity index (χ4v) is 5.88. The molecule has 0 fully saturated rings. The van der Waals surface area contributed by atoms with Crippen molar-refractivity contribution in [1.29, 1.82) is 0 Å². The van der Waals surface area contributed by atoms with E-state index in [1.807, 2.05) is 58.0 Å². The van der Waals surface area contributed by atoms with E-state index in [1.165, 1.54) is 30.9 Å². The lowest BCUT2D eigenvalue weighted by molar-refractivity contribution is -0.148. The van der Waals surface area contributed by atoms with Gasteiger partial charge in [0.2, 0.25) is 11.8 Å². The van der Waals surface area contributed by atoms with Crippen molar-refractivity contribution in [2.75, 3.05) is 13.6 Å². The van der Waals surface area contributed by atoms with Crippen LogP contribution in [-0.4, -0.2) is 64.0 Å². The van der Waals surface area contributed by atoms with Gasteiger partial charge in [-0.1, -0.05) is 56.3 Å². The van der Waals surface area contributed by atoms with Gasteiger partial charge in [-0.3, -0.25) is 28.9 Å². The highest BCUT2D eigenvalue weighted by Crippen LogP contribution is 2.33. The van der Waals surface area contributed by atoms with Gasteiger partial charge in [-0.2, -0.15) is 0 Å². The molecule has 40 heavy (non-hydrogen) atoms. The summed E-state index contributed by atoms with van der Waals surface area (Å²) in [5, 5.41) is 15.6. The molecule has 4 amide bonds. The van der Waals surface area contributed by atoms with Crippen LogP contribution in [0.4, 0.5) is 0 Å².